The van der Waals surface area contributed by atoms with Crippen molar-refractivity contribution in [3.8, 4) is 0 Å². The van der Waals surface area contributed by atoms with Crippen molar-refractivity contribution in [2.45, 2.75) is 103 Å². The number of hydrogen-bond donors (Lipinski definition) is 2. The van der Waals surface area contributed by atoms with E-state index in [0.717, 1.165) is 25.7 Å². The Morgan fingerprint density at radius 1 is 0.842 bits per heavy atom. The average Bonchev–Trinajstić information content (AvgIpc) is 2.88. The fourth-order valence-corrected chi connectivity index (χ4v) is 5.08. The van der Waals surface area contributed by atoms with Crippen LogP contribution in [0.25, 0.3) is 0 Å². The molecule has 38 heavy (non-hydrogen) atoms. The monoisotopic (exact) mass is 520 g/mol. The lowest BCUT2D eigenvalue weighted by atomic mass is 9.63. The summed E-state index contributed by atoms with van der Waals surface area (Å²) in [5.41, 5.74) is 4.21. The molecule has 0 atom stereocenters. The van der Waals surface area contributed by atoms with E-state index in [1.165, 1.54) is 55.4 Å². The van der Waals surface area contributed by atoms with Gasteiger partial charge in [0, 0.05) is 11.3 Å². The lowest BCUT2D eigenvalue weighted by molar-refractivity contribution is -0.110. The maximum absolute atomic E-state index is 13.4. The summed E-state index contributed by atoms with van der Waals surface area (Å²) in [5.74, 6) is -1.40. The highest BCUT2D eigenvalue weighted by molar-refractivity contribution is 6.48. The second-order valence-electron chi connectivity index (χ2n) is 11.8. The summed E-state index contributed by atoms with van der Waals surface area (Å²) in [6, 6.07) is 12.3. The summed E-state index contributed by atoms with van der Waals surface area (Å²) < 4.78 is 0. The third-order valence-electron chi connectivity index (χ3n) is 7.73. The van der Waals surface area contributed by atoms with Gasteiger partial charge in [0.25, 0.3) is 5.91 Å². The molecule has 1 amide bonds. The number of benzene rings is 2. The van der Waals surface area contributed by atoms with Crippen molar-refractivity contribution in [3.05, 3.63) is 64.7 Å². The fraction of sp³-hybridized carbons (Fsp3) is 0.531. The van der Waals surface area contributed by atoms with E-state index >= 15 is 0 Å². The number of fused-ring (bicyclic) bond motifs is 1. The number of rotatable bonds is 13. The largest absolute Gasteiger partial charge is 0.478 e. The Morgan fingerprint density at radius 3 is 2.05 bits per heavy atom. The molecular formula is C32H44N2O4. The Kier molecular flexibility index (Phi) is 10.1. The molecule has 6 nitrogen and oxygen atoms in total. The zero-order chi connectivity index (χ0) is 27.8. The maximum atomic E-state index is 13.4. The number of nitrogens with zero attached hydrogens (tertiary/aromatic N) is 1. The first-order valence-electron chi connectivity index (χ1n) is 14.1. The van der Waals surface area contributed by atoms with Crippen molar-refractivity contribution in [2.24, 2.45) is 5.16 Å². The molecule has 1 aliphatic carbocycles. The number of anilines is 1. The predicted octanol–water partition coefficient (Wildman–Crippen LogP) is 7.84. The molecule has 0 saturated heterocycles. The van der Waals surface area contributed by atoms with E-state index in [1.54, 1.807) is 12.1 Å². The molecule has 0 fully saturated rings. The zero-order valence-electron chi connectivity index (χ0n) is 23.7. The number of carboxylic acids is 1. The average molecular weight is 521 g/mol. The number of amides is 1. The first kappa shape index (κ1) is 29.4. The fourth-order valence-electron chi connectivity index (χ4n) is 5.08. The van der Waals surface area contributed by atoms with Gasteiger partial charge in [0.2, 0.25) is 0 Å². The molecule has 1 aliphatic rings. The second kappa shape index (κ2) is 13.1. The van der Waals surface area contributed by atoms with Gasteiger partial charge in [0.15, 0.2) is 5.71 Å². The highest BCUT2D eigenvalue weighted by Crippen LogP contribution is 2.46. The Morgan fingerprint density at radius 2 is 1.42 bits per heavy atom. The van der Waals surface area contributed by atoms with Gasteiger partial charge in [-0.1, -0.05) is 84.0 Å². The van der Waals surface area contributed by atoms with Crippen LogP contribution in [0, 0.1) is 0 Å². The third-order valence-corrected chi connectivity index (χ3v) is 7.73. The molecule has 2 aromatic carbocycles. The van der Waals surface area contributed by atoms with Gasteiger partial charge >= 0.3 is 5.97 Å². The number of carboxylic acid groups (broad SMARTS) is 1. The van der Waals surface area contributed by atoms with Crippen LogP contribution in [0.1, 0.15) is 119 Å². The van der Waals surface area contributed by atoms with Crippen molar-refractivity contribution in [2.75, 3.05) is 11.9 Å². The van der Waals surface area contributed by atoms with E-state index in [-0.39, 0.29) is 28.0 Å². The summed E-state index contributed by atoms with van der Waals surface area (Å²) in [6.07, 6.45) is 10.4. The number of aromatic carboxylic acids is 1. The number of carbonyl (C=O) groups is 2. The zero-order valence-corrected chi connectivity index (χ0v) is 23.7. The van der Waals surface area contributed by atoms with E-state index in [9.17, 15) is 9.59 Å². The van der Waals surface area contributed by atoms with Crippen LogP contribution >= 0.6 is 0 Å². The van der Waals surface area contributed by atoms with Gasteiger partial charge in [-0.05, 0) is 78.0 Å². The molecule has 0 saturated carbocycles. The summed E-state index contributed by atoms with van der Waals surface area (Å²) in [4.78, 5) is 30.3. The topological polar surface area (TPSA) is 88.0 Å². The predicted molar refractivity (Wildman–Crippen MR) is 154 cm³/mol. The lowest BCUT2D eigenvalue weighted by Gasteiger charge is -2.42. The number of oxime groups is 1. The van der Waals surface area contributed by atoms with Crippen LogP contribution < -0.4 is 5.32 Å². The van der Waals surface area contributed by atoms with Crippen molar-refractivity contribution in [1.29, 1.82) is 0 Å². The smallest absolute Gasteiger partial charge is 0.335 e. The van der Waals surface area contributed by atoms with Crippen LogP contribution in [0.3, 0.4) is 0 Å². The van der Waals surface area contributed by atoms with Crippen LogP contribution in [0.4, 0.5) is 5.69 Å². The van der Waals surface area contributed by atoms with Crippen LogP contribution in [0.2, 0.25) is 0 Å². The molecule has 0 aliphatic heterocycles. The highest BCUT2D eigenvalue weighted by Gasteiger charge is 2.37. The van der Waals surface area contributed by atoms with E-state index in [2.05, 4.69) is 57.2 Å². The number of carbonyl (C=O) groups excluding carboxylic acids is 1. The quantitative estimate of drug-likeness (QED) is 0.160. The SMILES string of the molecule is CCCCCCCCCO/N=C(\C(=O)Nc1ccc(C(=O)O)cc1)c1ccc2c(c1)C(C)(C)CCC2(C)C. The van der Waals surface area contributed by atoms with Crippen LogP contribution in [-0.2, 0) is 20.5 Å². The number of hydrogen-bond acceptors (Lipinski definition) is 4. The van der Waals surface area contributed by atoms with Crippen molar-refractivity contribution in [1.82, 2.24) is 0 Å². The third kappa shape index (κ3) is 7.68. The number of nitrogens with one attached hydrogen (secondary N) is 1. The van der Waals surface area contributed by atoms with Gasteiger partial charge in [-0.15, -0.1) is 0 Å². The Hall–Kier alpha value is -3.15. The van der Waals surface area contributed by atoms with Gasteiger partial charge in [-0.3, -0.25) is 4.79 Å². The van der Waals surface area contributed by atoms with Gasteiger partial charge in [-0.2, -0.15) is 0 Å². The first-order chi connectivity index (χ1) is 18.0. The summed E-state index contributed by atoms with van der Waals surface area (Å²) in [5, 5.41) is 16.3. The van der Waals surface area contributed by atoms with E-state index in [0.29, 0.717) is 17.9 Å². The molecule has 2 N–H and O–H groups in total. The molecule has 2 aromatic rings. The number of unbranched alkanes of at least 4 members (excludes halogenated alkanes) is 6. The molecule has 0 aromatic heterocycles. The highest BCUT2D eigenvalue weighted by atomic mass is 16.6. The first-order valence-corrected chi connectivity index (χ1v) is 14.1. The van der Waals surface area contributed by atoms with E-state index < -0.39 is 5.97 Å². The normalized spacial score (nSPS) is 16.0. The maximum Gasteiger partial charge on any atom is 0.335 e. The Balaban J connectivity index is 1.80. The van der Waals surface area contributed by atoms with Crippen molar-refractivity contribution >= 4 is 23.3 Å². The summed E-state index contributed by atoms with van der Waals surface area (Å²) in [6.45, 7) is 11.7. The molecule has 206 valence electrons. The van der Waals surface area contributed by atoms with Crippen LogP contribution in [0.5, 0.6) is 0 Å². The molecule has 0 radical (unpaired) electrons. The molecule has 0 unspecified atom stereocenters. The van der Waals surface area contributed by atoms with E-state index in [1.807, 2.05) is 6.07 Å². The molecular weight excluding hydrogens is 476 g/mol. The minimum atomic E-state index is -1.01. The Bertz CT molecular complexity index is 1130. The van der Waals surface area contributed by atoms with Gasteiger partial charge in [-0.25, -0.2) is 4.79 Å². The van der Waals surface area contributed by atoms with Crippen molar-refractivity contribution < 1.29 is 19.5 Å². The molecule has 0 bridgehead atoms. The van der Waals surface area contributed by atoms with Gasteiger partial charge < -0.3 is 15.3 Å². The van der Waals surface area contributed by atoms with Gasteiger partial charge in [0.1, 0.15) is 6.61 Å². The van der Waals surface area contributed by atoms with Gasteiger partial charge in [0.05, 0.1) is 5.56 Å². The van der Waals surface area contributed by atoms with Crippen molar-refractivity contribution in [3.63, 3.8) is 0 Å². The summed E-state index contributed by atoms with van der Waals surface area (Å²) >= 11 is 0. The molecule has 6 heteroatoms. The summed E-state index contributed by atoms with van der Waals surface area (Å²) in [7, 11) is 0. The minimum Gasteiger partial charge on any atom is -0.478 e. The molecule has 3 rings (SSSR count). The molecule has 0 heterocycles. The van der Waals surface area contributed by atoms with E-state index in [4.69, 9.17) is 9.94 Å². The lowest BCUT2D eigenvalue weighted by Crippen LogP contribution is -2.34. The minimum absolute atomic E-state index is 0.00620. The second-order valence-corrected chi connectivity index (χ2v) is 11.8. The Labute approximate surface area is 227 Å². The van der Waals surface area contributed by atoms with Crippen LogP contribution in [0.15, 0.2) is 47.6 Å². The van der Waals surface area contributed by atoms with Crippen LogP contribution in [-0.4, -0.2) is 29.3 Å². The standard InChI is InChI=1S/C32H44N2O4/c1-6-7-8-9-10-11-12-21-38-34-28(29(35)33-25-16-13-23(14-17-25)30(36)37)24-15-18-26-27(22-24)32(4,5)20-19-31(26,2)3/h13-18,22H,6-12,19-21H2,1-5H3,(H,33,35)(H,36,37)/b34-28-. The molecule has 0 spiro atoms.